The van der Waals surface area contributed by atoms with Gasteiger partial charge in [0.2, 0.25) is 10.0 Å². The van der Waals surface area contributed by atoms with Gasteiger partial charge < -0.3 is 9.88 Å². The summed E-state index contributed by atoms with van der Waals surface area (Å²) >= 11 is 0. The monoisotopic (exact) mass is 449 g/mol. The minimum absolute atomic E-state index is 0.116. The third kappa shape index (κ3) is 4.51. The molecule has 3 N–H and O–H groups in total. The van der Waals surface area contributed by atoms with Crippen molar-refractivity contribution in [2.24, 2.45) is 5.14 Å². The molecule has 0 aliphatic heterocycles. The lowest BCUT2D eigenvalue weighted by atomic mass is 10.1. The molecular formula is C24H27N5O2S. The van der Waals surface area contributed by atoms with Crippen molar-refractivity contribution in [2.75, 3.05) is 11.9 Å². The third-order valence-electron chi connectivity index (χ3n) is 5.45. The fourth-order valence-corrected chi connectivity index (χ4v) is 4.33. The Morgan fingerprint density at radius 1 is 1.03 bits per heavy atom. The molecule has 0 amide bonds. The van der Waals surface area contributed by atoms with Crippen LogP contribution in [-0.4, -0.2) is 29.5 Å². The smallest absolute Gasteiger partial charge is 0.238 e. The number of anilines is 1. The Morgan fingerprint density at radius 2 is 1.72 bits per heavy atom. The van der Waals surface area contributed by atoms with E-state index in [4.69, 9.17) is 5.14 Å². The van der Waals surface area contributed by atoms with Crippen LogP contribution in [0, 0.1) is 6.92 Å². The van der Waals surface area contributed by atoms with Gasteiger partial charge in [-0.2, -0.15) is 0 Å². The van der Waals surface area contributed by atoms with E-state index in [1.807, 2.05) is 0 Å². The van der Waals surface area contributed by atoms with Crippen LogP contribution in [0.5, 0.6) is 0 Å². The van der Waals surface area contributed by atoms with Gasteiger partial charge in [-0.1, -0.05) is 42.0 Å². The molecule has 2 aromatic heterocycles. The number of sulfonamides is 1. The van der Waals surface area contributed by atoms with Crippen LogP contribution in [0.25, 0.3) is 22.3 Å². The van der Waals surface area contributed by atoms with Gasteiger partial charge in [0.1, 0.15) is 17.8 Å². The first kappa shape index (κ1) is 22.0. The lowest BCUT2D eigenvalue weighted by Gasteiger charge is -2.14. The van der Waals surface area contributed by atoms with Crippen LogP contribution in [0.3, 0.4) is 0 Å². The molecule has 0 radical (unpaired) electrons. The first-order valence-corrected chi connectivity index (χ1v) is 12.1. The van der Waals surface area contributed by atoms with Gasteiger partial charge in [-0.25, -0.2) is 23.5 Å². The molecular weight excluding hydrogens is 422 g/mol. The molecule has 32 heavy (non-hydrogen) atoms. The summed E-state index contributed by atoms with van der Waals surface area (Å²) < 4.78 is 25.1. The zero-order valence-corrected chi connectivity index (χ0v) is 19.2. The number of aryl methyl sites for hydroxylation is 1. The van der Waals surface area contributed by atoms with Crippen molar-refractivity contribution in [2.45, 2.75) is 38.1 Å². The van der Waals surface area contributed by atoms with Crippen LogP contribution < -0.4 is 10.5 Å². The summed E-state index contributed by atoms with van der Waals surface area (Å²) in [5.74, 6) is 0.781. The highest BCUT2D eigenvalue weighted by Crippen LogP contribution is 2.33. The van der Waals surface area contributed by atoms with Crippen molar-refractivity contribution in [1.82, 2.24) is 14.5 Å². The molecule has 166 valence electrons. The zero-order chi connectivity index (χ0) is 22.9. The van der Waals surface area contributed by atoms with Gasteiger partial charge in [-0.3, -0.25) is 0 Å². The van der Waals surface area contributed by atoms with Gasteiger partial charge in [0.25, 0.3) is 0 Å². The lowest BCUT2D eigenvalue weighted by molar-refractivity contribution is 0.598. The molecule has 0 fully saturated rings. The van der Waals surface area contributed by atoms with Gasteiger partial charge in [0.05, 0.1) is 16.0 Å². The predicted octanol–water partition coefficient (Wildman–Crippen LogP) is 4.29. The van der Waals surface area contributed by atoms with E-state index >= 15 is 0 Å². The number of aromatic nitrogens is 3. The van der Waals surface area contributed by atoms with Gasteiger partial charge in [0.15, 0.2) is 0 Å². The van der Waals surface area contributed by atoms with Crippen LogP contribution >= 0.6 is 0 Å². The van der Waals surface area contributed by atoms with Crippen molar-refractivity contribution in [1.29, 1.82) is 0 Å². The minimum Gasteiger partial charge on any atom is -0.369 e. The number of hydrogen-bond donors (Lipinski definition) is 2. The van der Waals surface area contributed by atoms with E-state index in [-0.39, 0.29) is 10.9 Å². The van der Waals surface area contributed by atoms with Crippen LogP contribution in [0.15, 0.2) is 65.8 Å². The van der Waals surface area contributed by atoms with E-state index in [0.717, 1.165) is 33.7 Å². The highest BCUT2D eigenvalue weighted by molar-refractivity contribution is 7.89. The number of nitrogens with one attached hydrogen (secondary N) is 1. The number of hydrogen-bond acceptors (Lipinski definition) is 5. The van der Waals surface area contributed by atoms with E-state index in [2.05, 4.69) is 71.0 Å². The molecule has 4 aromatic rings. The Balaban J connectivity index is 1.59. The summed E-state index contributed by atoms with van der Waals surface area (Å²) in [5.41, 5.74) is 5.38. The Bertz CT molecular complexity index is 1340. The normalized spacial score (nSPS) is 11.9. The summed E-state index contributed by atoms with van der Waals surface area (Å²) in [6.07, 6.45) is 2.30. The SMILES string of the molecule is Cc1ccc(-c2cc3c(NCCc4ccc(S(N)(=O)=O)cc4)ncnc3n2C(C)C)cc1. The maximum absolute atomic E-state index is 11.4. The fourth-order valence-electron chi connectivity index (χ4n) is 3.81. The largest absolute Gasteiger partial charge is 0.369 e. The number of rotatable bonds is 7. The van der Waals surface area contributed by atoms with Crippen molar-refractivity contribution in [3.8, 4) is 11.3 Å². The predicted molar refractivity (Wildman–Crippen MR) is 128 cm³/mol. The van der Waals surface area contributed by atoms with Gasteiger partial charge in [-0.05, 0) is 56.5 Å². The summed E-state index contributed by atoms with van der Waals surface area (Å²) in [6, 6.07) is 17.5. The van der Waals surface area contributed by atoms with Crippen molar-refractivity contribution in [3.05, 3.63) is 72.1 Å². The van der Waals surface area contributed by atoms with Gasteiger partial charge in [0, 0.05) is 12.6 Å². The van der Waals surface area contributed by atoms with Gasteiger partial charge >= 0.3 is 0 Å². The third-order valence-corrected chi connectivity index (χ3v) is 6.38. The van der Waals surface area contributed by atoms with Crippen LogP contribution in [0.2, 0.25) is 0 Å². The highest BCUT2D eigenvalue weighted by Gasteiger charge is 2.17. The minimum atomic E-state index is -3.68. The van der Waals surface area contributed by atoms with Crippen LogP contribution in [0.1, 0.15) is 31.0 Å². The number of nitrogens with zero attached hydrogens (tertiary/aromatic N) is 3. The maximum atomic E-state index is 11.4. The topological polar surface area (TPSA) is 103 Å². The second-order valence-corrected chi connectivity index (χ2v) is 9.75. The molecule has 0 saturated carbocycles. The molecule has 0 aliphatic carbocycles. The molecule has 0 unspecified atom stereocenters. The van der Waals surface area contributed by atoms with Crippen molar-refractivity contribution < 1.29 is 8.42 Å². The zero-order valence-electron chi connectivity index (χ0n) is 18.4. The Hall–Kier alpha value is -3.23. The standard InChI is InChI=1S/C24H27N5O2S/c1-16(2)29-22(19-8-4-17(3)5-9-19)14-21-23(27-15-28-24(21)29)26-13-12-18-6-10-20(11-7-18)32(25,30)31/h4-11,14-16H,12-13H2,1-3H3,(H2,25,30,31)(H,26,27,28). The fraction of sp³-hybridized carbons (Fsp3) is 0.250. The molecule has 0 bridgehead atoms. The van der Waals surface area contributed by atoms with Crippen LogP contribution in [0.4, 0.5) is 5.82 Å². The van der Waals surface area contributed by atoms with Crippen LogP contribution in [-0.2, 0) is 16.4 Å². The second kappa shape index (κ2) is 8.72. The molecule has 0 spiro atoms. The summed E-state index contributed by atoms with van der Waals surface area (Å²) in [4.78, 5) is 9.16. The highest BCUT2D eigenvalue weighted by atomic mass is 32.2. The van der Waals surface area contributed by atoms with E-state index in [1.54, 1.807) is 18.5 Å². The lowest BCUT2D eigenvalue weighted by Crippen LogP contribution is -2.12. The number of primary sulfonamides is 1. The Kier molecular flexibility index (Phi) is 5.99. The van der Waals surface area contributed by atoms with E-state index in [0.29, 0.717) is 13.0 Å². The quantitative estimate of drug-likeness (QED) is 0.438. The Labute approximate surface area is 188 Å². The molecule has 0 atom stereocenters. The summed E-state index contributed by atoms with van der Waals surface area (Å²) in [6.45, 7) is 7.03. The molecule has 7 nitrogen and oxygen atoms in total. The molecule has 0 saturated heterocycles. The number of benzene rings is 2. The summed E-state index contributed by atoms with van der Waals surface area (Å²) in [5, 5.41) is 9.55. The van der Waals surface area contributed by atoms with E-state index < -0.39 is 10.0 Å². The van der Waals surface area contributed by atoms with Crippen molar-refractivity contribution >= 4 is 26.9 Å². The molecule has 2 aromatic carbocycles. The first-order chi connectivity index (χ1) is 15.2. The molecule has 4 rings (SSSR count). The summed E-state index contributed by atoms with van der Waals surface area (Å²) in [7, 11) is -3.68. The van der Waals surface area contributed by atoms with E-state index in [1.165, 1.54) is 17.7 Å². The molecule has 8 heteroatoms. The van der Waals surface area contributed by atoms with Crippen molar-refractivity contribution in [3.63, 3.8) is 0 Å². The molecule has 2 heterocycles. The second-order valence-electron chi connectivity index (χ2n) is 8.18. The number of fused-ring (bicyclic) bond motifs is 1. The Morgan fingerprint density at radius 3 is 2.34 bits per heavy atom. The first-order valence-electron chi connectivity index (χ1n) is 10.5. The number of nitrogens with two attached hydrogens (primary N) is 1. The maximum Gasteiger partial charge on any atom is 0.238 e. The molecule has 0 aliphatic rings. The average molecular weight is 450 g/mol. The van der Waals surface area contributed by atoms with Gasteiger partial charge in [-0.15, -0.1) is 0 Å². The average Bonchev–Trinajstić information content (AvgIpc) is 3.15. The van der Waals surface area contributed by atoms with E-state index in [9.17, 15) is 8.42 Å².